The number of carbonyl (C=O) groups excluding carboxylic acids is 1. The maximum Gasteiger partial charge on any atom is 0.264 e. The fourth-order valence-corrected chi connectivity index (χ4v) is 3.00. The van der Waals surface area contributed by atoms with E-state index in [1.54, 1.807) is 0 Å². The summed E-state index contributed by atoms with van der Waals surface area (Å²) in [6.07, 6.45) is 0.962. The third kappa shape index (κ3) is 4.23. The summed E-state index contributed by atoms with van der Waals surface area (Å²) in [5, 5.41) is 3.32. The van der Waals surface area contributed by atoms with Crippen molar-refractivity contribution < 1.29 is 14.3 Å². The van der Waals surface area contributed by atoms with Crippen LogP contribution in [0.5, 0.6) is 11.5 Å². The molecule has 0 fully saturated rings. The average Bonchev–Trinajstić information content (AvgIpc) is 3.00. The molecular weight excluding hydrogens is 324 g/mol. The number of para-hydroxylation sites is 1. The first-order valence-electron chi connectivity index (χ1n) is 7.75. The second-order valence-electron chi connectivity index (χ2n) is 5.15. The molecule has 0 unspecified atom stereocenters. The molecule has 1 amide bonds. The highest BCUT2D eigenvalue weighted by Crippen LogP contribution is 2.29. The standard InChI is InChI=1S/C18H18N2O3S/c1-2-10-22-14-8-9-15-16(11-14)24-18(19-15)20-17(21)12-23-13-6-4-3-5-7-13/h3-9,11H,2,10,12H2,1H3,(H,19,20,21). The lowest BCUT2D eigenvalue weighted by atomic mass is 10.3. The number of thiazole rings is 1. The maximum absolute atomic E-state index is 12.0. The molecule has 6 heteroatoms. The average molecular weight is 342 g/mol. The maximum atomic E-state index is 12.0. The van der Waals surface area contributed by atoms with E-state index in [-0.39, 0.29) is 12.5 Å². The van der Waals surface area contributed by atoms with Crippen LogP contribution in [0.1, 0.15) is 13.3 Å². The van der Waals surface area contributed by atoms with E-state index in [9.17, 15) is 4.79 Å². The van der Waals surface area contributed by atoms with E-state index < -0.39 is 0 Å². The van der Waals surface area contributed by atoms with E-state index in [4.69, 9.17) is 9.47 Å². The lowest BCUT2D eigenvalue weighted by Crippen LogP contribution is -2.19. The first-order valence-corrected chi connectivity index (χ1v) is 8.57. The summed E-state index contributed by atoms with van der Waals surface area (Å²) < 4.78 is 12.0. The molecule has 0 aliphatic carbocycles. The number of nitrogens with one attached hydrogen (secondary N) is 1. The summed E-state index contributed by atoms with van der Waals surface area (Å²) in [5.74, 6) is 1.24. The van der Waals surface area contributed by atoms with Crippen molar-refractivity contribution in [1.82, 2.24) is 4.98 Å². The minimum atomic E-state index is -0.236. The van der Waals surface area contributed by atoms with E-state index in [2.05, 4.69) is 17.2 Å². The fraction of sp³-hybridized carbons (Fsp3) is 0.222. The van der Waals surface area contributed by atoms with Gasteiger partial charge >= 0.3 is 0 Å². The van der Waals surface area contributed by atoms with Crippen molar-refractivity contribution >= 4 is 32.6 Å². The van der Waals surface area contributed by atoms with Gasteiger partial charge in [-0.05, 0) is 36.8 Å². The largest absolute Gasteiger partial charge is 0.494 e. The summed E-state index contributed by atoms with van der Waals surface area (Å²) in [6, 6.07) is 15.0. The third-order valence-electron chi connectivity index (χ3n) is 3.19. The van der Waals surface area contributed by atoms with Gasteiger partial charge in [-0.3, -0.25) is 10.1 Å². The van der Waals surface area contributed by atoms with Gasteiger partial charge in [0.15, 0.2) is 11.7 Å². The number of fused-ring (bicyclic) bond motifs is 1. The van der Waals surface area contributed by atoms with E-state index >= 15 is 0 Å². The molecule has 0 aliphatic heterocycles. The second kappa shape index (κ2) is 7.79. The van der Waals surface area contributed by atoms with Gasteiger partial charge in [-0.1, -0.05) is 36.5 Å². The highest BCUT2D eigenvalue weighted by Gasteiger charge is 2.09. The van der Waals surface area contributed by atoms with Crippen LogP contribution in [0.4, 0.5) is 5.13 Å². The van der Waals surface area contributed by atoms with Crippen molar-refractivity contribution in [2.75, 3.05) is 18.5 Å². The molecule has 1 heterocycles. The summed E-state index contributed by atoms with van der Waals surface area (Å²) in [7, 11) is 0. The quantitative estimate of drug-likeness (QED) is 0.702. The van der Waals surface area contributed by atoms with Crippen LogP contribution in [0.25, 0.3) is 10.2 Å². The van der Waals surface area contributed by atoms with Crippen LogP contribution >= 0.6 is 11.3 Å². The summed E-state index contributed by atoms with van der Waals surface area (Å²) >= 11 is 1.42. The Balaban J connectivity index is 1.61. The van der Waals surface area contributed by atoms with Crippen molar-refractivity contribution in [3.05, 3.63) is 48.5 Å². The summed E-state index contributed by atoms with van der Waals surface area (Å²) in [4.78, 5) is 16.4. The van der Waals surface area contributed by atoms with E-state index in [1.807, 2.05) is 48.5 Å². The van der Waals surface area contributed by atoms with Gasteiger partial charge in [0.25, 0.3) is 5.91 Å². The number of ether oxygens (including phenoxy) is 2. The van der Waals surface area contributed by atoms with Crippen LogP contribution in [-0.4, -0.2) is 24.1 Å². The Bertz CT molecular complexity index is 818. The van der Waals surface area contributed by atoms with Crippen molar-refractivity contribution in [3.63, 3.8) is 0 Å². The van der Waals surface area contributed by atoms with Crippen LogP contribution in [0.3, 0.4) is 0 Å². The van der Waals surface area contributed by atoms with Gasteiger partial charge in [0.05, 0.1) is 16.8 Å². The number of rotatable bonds is 7. The topological polar surface area (TPSA) is 60.5 Å². The number of aromatic nitrogens is 1. The molecule has 1 N–H and O–H groups in total. The number of anilines is 1. The predicted octanol–water partition coefficient (Wildman–Crippen LogP) is 4.10. The fourth-order valence-electron chi connectivity index (χ4n) is 2.09. The number of hydrogen-bond acceptors (Lipinski definition) is 5. The monoisotopic (exact) mass is 342 g/mol. The molecule has 24 heavy (non-hydrogen) atoms. The van der Waals surface area contributed by atoms with Crippen LogP contribution in [0, 0.1) is 0 Å². The first kappa shape index (κ1) is 16.3. The number of hydrogen-bond donors (Lipinski definition) is 1. The Morgan fingerprint density at radius 2 is 1.96 bits per heavy atom. The molecule has 3 aromatic rings. The van der Waals surface area contributed by atoms with Crippen molar-refractivity contribution in [2.45, 2.75) is 13.3 Å². The zero-order chi connectivity index (χ0) is 16.8. The van der Waals surface area contributed by atoms with Gasteiger partial charge in [0, 0.05) is 0 Å². The molecule has 0 spiro atoms. The zero-order valence-electron chi connectivity index (χ0n) is 13.3. The van der Waals surface area contributed by atoms with E-state index in [0.717, 1.165) is 22.4 Å². The molecule has 3 rings (SSSR count). The van der Waals surface area contributed by atoms with Crippen LogP contribution in [-0.2, 0) is 4.79 Å². The Morgan fingerprint density at radius 3 is 2.75 bits per heavy atom. The van der Waals surface area contributed by atoms with Gasteiger partial charge in [-0.15, -0.1) is 0 Å². The van der Waals surface area contributed by atoms with Crippen molar-refractivity contribution in [3.8, 4) is 11.5 Å². The Kier molecular flexibility index (Phi) is 5.28. The molecule has 0 saturated heterocycles. The van der Waals surface area contributed by atoms with Gasteiger partial charge in [-0.2, -0.15) is 0 Å². The Labute approximate surface area is 144 Å². The van der Waals surface area contributed by atoms with Crippen molar-refractivity contribution in [2.24, 2.45) is 0 Å². The first-order chi connectivity index (χ1) is 11.7. The van der Waals surface area contributed by atoms with Crippen LogP contribution in [0.2, 0.25) is 0 Å². The molecule has 124 valence electrons. The van der Waals surface area contributed by atoms with Crippen LogP contribution in [0.15, 0.2) is 48.5 Å². The molecule has 0 bridgehead atoms. The molecule has 0 radical (unpaired) electrons. The Morgan fingerprint density at radius 1 is 1.12 bits per heavy atom. The summed E-state index contributed by atoms with van der Waals surface area (Å²) in [5.41, 5.74) is 0.836. The normalized spacial score (nSPS) is 10.5. The molecule has 1 aromatic heterocycles. The second-order valence-corrected chi connectivity index (χ2v) is 6.18. The highest BCUT2D eigenvalue weighted by atomic mass is 32.1. The van der Waals surface area contributed by atoms with Crippen molar-refractivity contribution in [1.29, 1.82) is 0 Å². The predicted molar refractivity (Wildman–Crippen MR) is 96.0 cm³/mol. The number of nitrogens with zero attached hydrogens (tertiary/aromatic N) is 1. The van der Waals surface area contributed by atoms with Crippen LogP contribution < -0.4 is 14.8 Å². The van der Waals surface area contributed by atoms with E-state index in [1.165, 1.54) is 11.3 Å². The Hall–Kier alpha value is -2.60. The van der Waals surface area contributed by atoms with Gasteiger partial charge in [0.2, 0.25) is 0 Å². The van der Waals surface area contributed by atoms with E-state index in [0.29, 0.717) is 17.5 Å². The zero-order valence-corrected chi connectivity index (χ0v) is 14.1. The van der Waals surface area contributed by atoms with Gasteiger partial charge in [-0.25, -0.2) is 4.98 Å². The SMILES string of the molecule is CCCOc1ccc2nc(NC(=O)COc3ccccc3)sc2c1. The molecule has 2 aromatic carbocycles. The molecule has 0 saturated carbocycles. The molecule has 0 atom stereocenters. The van der Waals surface area contributed by atoms with Gasteiger partial charge < -0.3 is 9.47 Å². The minimum absolute atomic E-state index is 0.0508. The number of amides is 1. The molecule has 0 aliphatic rings. The lowest BCUT2D eigenvalue weighted by molar-refractivity contribution is -0.118. The lowest BCUT2D eigenvalue weighted by Gasteiger charge is -2.04. The highest BCUT2D eigenvalue weighted by molar-refractivity contribution is 7.22. The third-order valence-corrected chi connectivity index (χ3v) is 4.13. The summed E-state index contributed by atoms with van der Waals surface area (Å²) in [6.45, 7) is 2.70. The molecule has 5 nitrogen and oxygen atoms in total. The smallest absolute Gasteiger partial charge is 0.264 e. The minimum Gasteiger partial charge on any atom is -0.494 e. The number of benzene rings is 2. The molecular formula is C18H18N2O3S. The van der Waals surface area contributed by atoms with Gasteiger partial charge in [0.1, 0.15) is 11.5 Å². The number of carbonyl (C=O) groups is 1.